The van der Waals surface area contributed by atoms with E-state index in [1.807, 2.05) is 36.1 Å². The molecule has 3 rings (SSSR count). The van der Waals surface area contributed by atoms with Crippen molar-refractivity contribution < 1.29 is 14.3 Å². The Morgan fingerprint density at radius 3 is 2.58 bits per heavy atom. The molecule has 0 radical (unpaired) electrons. The van der Waals surface area contributed by atoms with Crippen LogP contribution in [-0.4, -0.2) is 44.9 Å². The molecule has 6 heteroatoms. The summed E-state index contributed by atoms with van der Waals surface area (Å²) in [4.78, 5) is 14.6. The average Bonchev–Trinajstić information content (AvgIpc) is 2.65. The van der Waals surface area contributed by atoms with E-state index in [9.17, 15) is 4.79 Å². The van der Waals surface area contributed by atoms with Crippen LogP contribution in [0.5, 0.6) is 5.75 Å². The molecule has 0 saturated carbocycles. The number of nitrogens with zero attached hydrogens (tertiary/aromatic N) is 1. The minimum Gasteiger partial charge on any atom is -0.478 e. The molecule has 1 fully saturated rings. The Hall–Kier alpha value is -2.08. The van der Waals surface area contributed by atoms with Gasteiger partial charge in [-0.05, 0) is 42.8 Å². The summed E-state index contributed by atoms with van der Waals surface area (Å²) in [5, 5.41) is 3.97. The van der Waals surface area contributed by atoms with Crippen LogP contribution >= 0.6 is 11.6 Å². The molecule has 0 aliphatic carbocycles. The molecular formula is C20H23ClN2O3. The van der Waals surface area contributed by atoms with Gasteiger partial charge in [0.2, 0.25) is 0 Å². The molecule has 0 bridgehead atoms. The van der Waals surface area contributed by atoms with Crippen molar-refractivity contribution in [1.82, 2.24) is 5.32 Å². The van der Waals surface area contributed by atoms with E-state index >= 15 is 0 Å². The van der Waals surface area contributed by atoms with Crippen molar-refractivity contribution in [3.05, 3.63) is 59.1 Å². The third-order valence-electron chi connectivity index (χ3n) is 4.45. The quantitative estimate of drug-likeness (QED) is 0.570. The second kappa shape index (κ2) is 8.54. The third-order valence-corrected chi connectivity index (χ3v) is 4.70. The van der Waals surface area contributed by atoms with Gasteiger partial charge in [-0.25, -0.2) is 0 Å². The second-order valence-electron chi connectivity index (χ2n) is 6.25. The lowest BCUT2D eigenvalue weighted by atomic mass is 9.95. The highest BCUT2D eigenvalue weighted by molar-refractivity contribution is 6.30. The molecule has 1 aliphatic rings. The van der Waals surface area contributed by atoms with Crippen molar-refractivity contribution in [3.63, 3.8) is 0 Å². The van der Waals surface area contributed by atoms with Crippen molar-refractivity contribution in [2.45, 2.75) is 19.1 Å². The zero-order valence-corrected chi connectivity index (χ0v) is 15.7. The molecule has 26 heavy (non-hydrogen) atoms. The molecule has 1 heterocycles. The van der Waals surface area contributed by atoms with Crippen molar-refractivity contribution in [2.75, 3.05) is 31.7 Å². The summed E-state index contributed by atoms with van der Waals surface area (Å²) in [6, 6.07) is 14.9. The van der Waals surface area contributed by atoms with Crippen molar-refractivity contribution >= 4 is 23.2 Å². The lowest BCUT2D eigenvalue weighted by Gasteiger charge is -2.47. The van der Waals surface area contributed by atoms with E-state index in [0.29, 0.717) is 23.9 Å². The number of amides is 1. The Morgan fingerprint density at radius 2 is 1.88 bits per heavy atom. The number of methoxy groups -OCH3 is 1. The Kier molecular flexibility index (Phi) is 6.14. The minimum absolute atomic E-state index is 0.0345. The van der Waals surface area contributed by atoms with E-state index in [1.165, 1.54) is 0 Å². The summed E-state index contributed by atoms with van der Waals surface area (Å²) in [6.07, 6.45) is -0.522. The standard InChI is InChI=1S/C20H23ClN2O3/c1-14-5-3-4-6-17(14)23-18(13-22-11-12-25-2)19(20(23)24)26-16-9-7-15(21)8-10-16/h3-10,18-19,22H,11-13H2,1-2H3/t18-,19+/m0/s1. The first kappa shape index (κ1) is 18.7. The molecule has 5 nitrogen and oxygen atoms in total. The van der Waals surface area contributed by atoms with Gasteiger partial charge in [0.1, 0.15) is 5.75 Å². The number of anilines is 1. The number of nitrogens with one attached hydrogen (secondary N) is 1. The first-order chi connectivity index (χ1) is 12.6. The van der Waals surface area contributed by atoms with Gasteiger partial charge in [-0.3, -0.25) is 4.79 Å². The molecule has 1 amide bonds. The molecular weight excluding hydrogens is 352 g/mol. The van der Waals surface area contributed by atoms with Gasteiger partial charge < -0.3 is 19.7 Å². The van der Waals surface area contributed by atoms with Gasteiger partial charge in [0.25, 0.3) is 5.91 Å². The molecule has 1 saturated heterocycles. The molecule has 1 N–H and O–H groups in total. The largest absolute Gasteiger partial charge is 0.478 e. The van der Waals surface area contributed by atoms with E-state index in [0.717, 1.165) is 17.8 Å². The summed E-state index contributed by atoms with van der Waals surface area (Å²) in [7, 11) is 1.67. The summed E-state index contributed by atoms with van der Waals surface area (Å²) in [5.41, 5.74) is 1.99. The molecule has 2 aromatic carbocycles. The molecule has 0 aromatic heterocycles. The number of hydrogen-bond acceptors (Lipinski definition) is 4. The Bertz CT molecular complexity index is 751. The first-order valence-corrected chi connectivity index (χ1v) is 9.00. The summed E-state index contributed by atoms with van der Waals surface area (Å²) in [5.74, 6) is 0.604. The number of aryl methyl sites for hydroxylation is 1. The predicted molar refractivity (Wildman–Crippen MR) is 103 cm³/mol. The number of ether oxygens (including phenoxy) is 2. The number of para-hydroxylation sites is 1. The van der Waals surface area contributed by atoms with E-state index in [1.54, 1.807) is 31.4 Å². The van der Waals surface area contributed by atoms with Crippen molar-refractivity contribution in [2.24, 2.45) is 0 Å². The van der Waals surface area contributed by atoms with Crippen LogP contribution in [0.15, 0.2) is 48.5 Å². The van der Waals surface area contributed by atoms with Gasteiger partial charge in [-0.2, -0.15) is 0 Å². The maximum Gasteiger partial charge on any atom is 0.270 e. The fourth-order valence-corrected chi connectivity index (χ4v) is 3.19. The molecule has 138 valence electrons. The summed E-state index contributed by atoms with van der Waals surface area (Å²) in [6.45, 7) is 3.97. The second-order valence-corrected chi connectivity index (χ2v) is 6.69. The molecule has 1 aliphatic heterocycles. The van der Waals surface area contributed by atoms with Gasteiger partial charge in [-0.1, -0.05) is 29.8 Å². The van der Waals surface area contributed by atoms with Crippen LogP contribution in [0.2, 0.25) is 5.02 Å². The zero-order chi connectivity index (χ0) is 18.5. The van der Waals surface area contributed by atoms with Crippen LogP contribution in [-0.2, 0) is 9.53 Å². The van der Waals surface area contributed by atoms with Crippen LogP contribution < -0.4 is 15.0 Å². The molecule has 0 spiro atoms. The average molecular weight is 375 g/mol. The third kappa shape index (κ3) is 4.01. The molecule has 2 atom stereocenters. The first-order valence-electron chi connectivity index (χ1n) is 8.62. The number of rotatable bonds is 8. The van der Waals surface area contributed by atoms with E-state index < -0.39 is 6.10 Å². The number of hydrogen-bond donors (Lipinski definition) is 1. The van der Waals surface area contributed by atoms with Gasteiger partial charge >= 0.3 is 0 Å². The van der Waals surface area contributed by atoms with E-state index in [-0.39, 0.29) is 11.9 Å². The van der Waals surface area contributed by atoms with Crippen LogP contribution in [0.3, 0.4) is 0 Å². The smallest absolute Gasteiger partial charge is 0.270 e. The maximum absolute atomic E-state index is 12.8. The topological polar surface area (TPSA) is 50.8 Å². The highest BCUT2D eigenvalue weighted by Gasteiger charge is 2.50. The Labute approximate surface area is 158 Å². The van der Waals surface area contributed by atoms with Crippen LogP contribution in [0.25, 0.3) is 0 Å². The highest BCUT2D eigenvalue weighted by Crippen LogP contribution is 2.33. The fraction of sp³-hybridized carbons (Fsp3) is 0.350. The van der Waals surface area contributed by atoms with Crippen LogP contribution in [0.4, 0.5) is 5.69 Å². The lowest BCUT2D eigenvalue weighted by Crippen LogP contribution is -2.70. The van der Waals surface area contributed by atoms with E-state index in [2.05, 4.69) is 5.32 Å². The summed E-state index contributed by atoms with van der Waals surface area (Å²) >= 11 is 5.92. The highest BCUT2D eigenvalue weighted by atomic mass is 35.5. The number of benzene rings is 2. The van der Waals surface area contributed by atoms with Gasteiger partial charge in [0.05, 0.1) is 12.6 Å². The Balaban J connectivity index is 1.76. The lowest BCUT2D eigenvalue weighted by molar-refractivity contribution is -0.134. The van der Waals surface area contributed by atoms with Crippen LogP contribution in [0, 0.1) is 6.92 Å². The van der Waals surface area contributed by atoms with Crippen molar-refractivity contribution in [1.29, 1.82) is 0 Å². The predicted octanol–water partition coefficient (Wildman–Crippen LogP) is 3.05. The molecule has 0 unspecified atom stereocenters. The zero-order valence-electron chi connectivity index (χ0n) is 14.9. The number of carbonyl (C=O) groups excluding carboxylic acids is 1. The van der Waals surface area contributed by atoms with E-state index in [4.69, 9.17) is 21.1 Å². The number of β-lactam (4-membered cyclic amide) rings is 1. The monoisotopic (exact) mass is 374 g/mol. The number of carbonyl (C=O) groups is 1. The number of halogens is 1. The minimum atomic E-state index is -0.522. The van der Waals surface area contributed by atoms with Gasteiger partial charge in [0, 0.05) is 30.9 Å². The van der Waals surface area contributed by atoms with Gasteiger partial charge in [-0.15, -0.1) is 0 Å². The van der Waals surface area contributed by atoms with Crippen LogP contribution in [0.1, 0.15) is 5.56 Å². The normalized spacial score (nSPS) is 19.3. The molecule has 2 aromatic rings. The van der Waals surface area contributed by atoms with Gasteiger partial charge in [0.15, 0.2) is 6.10 Å². The fourth-order valence-electron chi connectivity index (χ4n) is 3.06. The summed E-state index contributed by atoms with van der Waals surface area (Å²) < 4.78 is 11.0. The Morgan fingerprint density at radius 1 is 1.15 bits per heavy atom. The van der Waals surface area contributed by atoms with Crippen molar-refractivity contribution in [3.8, 4) is 5.75 Å². The SMILES string of the molecule is COCCNC[C@H]1[C@@H](Oc2ccc(Cl)cc2)C(=O)N1c1ccccc1C. The maximum atomic E-state index is 12.8.